The van der Waals surface area contributed by atoms with Gasteiger partial charge >= 0.3 is 5.69 Å². The van der Waals surface area contributed by atoms with E-state index >= 15 is 0 Å². The van der Waals surface area contributed by atoms with Crippen LogP contribution < -0.4 is 5.69 Å². The Morgan fingerprint density at radius 1 is 1.70 bits per heavy atom. The number of ether oxygens (including phenoxy) is 2. The van der Waals surface area contributed by atoms with Gasteiger partial charge in [-0.2, -0.15) is 4.98 Å². The van der Waals surface area contributed by atoms with Gasteiger partial charge < -0.3 is 14.6 Å². The van der Waals surface area contributed by atoms with E-state index < -0.39 is 36.5 Å². The lowest BCUT2D eigenvalue weighted by Crippen LogP contribution is -2.43. The summed E-state index contributed by atoms with van der Waals surface area (Å²) in [5.41, 5.74) is 6.42. The van der Waals surface area contributed by atoms with Crippen LogP contribution in [-0.2, 0) is 9.47 Å². The van der Waals surface area contributed by atoms with Gasteiger partial charge in [-0.3, -0.25) is 4.57 Å². The molecule has 0 unspecified atom stereocenters. The molecule has 1 aromatic rings. The maximum absolute atomic E-state index is 14.6. The zero-order valence-electron chi connectivity index (χ0n) is 13.0. The summed E-state index contributed by atoms with van der Waals surface area (Å²) in [6.45, 7) is 4.66. The first kappa shape index (κ1) is 17.4. The molecule has 0 radical (unpaired) electrons. The summed E-state index contributed by atoms with van der Waals surface area (Å²) in [6, 6.07) is 1.52. The SMILES string of the molecule is Cc1ccn([C@@H]2O[C@@](COC(C)C)(N=[N+]=[N-])[C@@H](F)[C@H]2O)c(=O)n1. The normalized spacial score (nSPS) is 30.4. The molecule has 23 heavy (non-hydrogen) atoms. The third kappa shape index (κ3) is 3.35. The fourth-order valence-electron chi connectivity index (χ4n) is 2.25. The van der Waals surface area contributed by atoms with E-state index in [1.165, 1.54) is 12.3 Å². The number of aliphatic hydroxyl groups excluding tert-OH is 1. The third-order valence-electron chi connectivity index (χ3n) is 3.43. The van der Waals surface area contributed by atoms with Gasteiger partial charge in [-0.05, 0) is 32.4 Å². The molecular weight excluding hydrogens is 309 g/mol. The molecule has 1 aromatic heterocycles. The molecule has 0 aromatic carbocycles. The molecule has 2 heterocycles. The Morgan fingerprint density at radius 3 is 2.96 bits per heavy atom. The van der Waals surface area contributed by atoms with Crippen LogP contribution in [0.5, 0.6) is 0 Å². The van der Waals surface area contributed by atoms with E-state index in [-0.39, 0.29) is 6.10 Å². The van der Waals surface area contributed by atoms with E-state index in [0.717, 1.165) is 4.57 Å². The number of halogens is 1. The summed E-state index contributed by atoms with van der Waals surface area (Å²) in [7, 11) is 0. The summed E-state index contributed by atoms with van der Waals surface area (Å²) in [4.78, 5) is 18.2. The molecule has 9 nitrogen and oxygen atoms in total. The van der Waals surface area contributed by atoms with Crippen molar-refractivity contribution in [3.63, 3.8) is 0 Å². The lowest BCUT2D eigenvalue weighted by Gasteiger charge is -2.26. The van der Waals surface area contributed by atoms with E-state index in [2.05, 4.69) is 15.0 Å². The Kier molecular flexibility index (Phi) is 5.00. The molecule has 10 heteroatoms. The number of azide groups is 1. The number of hydrogen-bond acceptors (Lipinski definition) is 6. The van der Waals surface area contributed by atoms with Crippen LogP contribution in [0.1, 0.15) is 25.8 Å². The van der Waals surface area contributed by atoms with Crippen LogP contribution in [0.3, 0.4) is 0 Å². The van der Waals surface area contributed by atoms with E-state index in [0.29, 0.717) is 5.69 Å². The quantitative estimate of drug-likeness (QED) is 0.495. The van der Waals surface area contributed by atoms with Gasteiger partial charge in [-0.15, -0.1) is 0 Å². The van der Waals surface area contributed by atoms with E-state index in [1.54, 1.807) is 20.8 Å². The predicted octanol–water partition coefficient (Wildman–Crippen LogP) is 1.21. The van der Waals surface area contributed by atoms with Crippen molar-refractivity contribution < 1.29 is 19.0 Å². The first-order chi connectivity index (χ1) is 10.8. The highest BCUT2D eigenvalue weighted by molar-refractivity contribution is 5.03. The van der Waals surface area contributed by atoms with Crippen LogP contribution in [0.4, 0.5) is 4.39 Å². The molecule has 0 aliphatic carbocycles. The smallest absolute Gasteiger partial charge is 0.349 e. The largest absolute Gasteiger partial charge is 0.385 e. The Bertz CT molecular complexity index is 675. The van der Waals surface area contributed by atoms with Gasteiger partial charge in [0.15, 0.2) is 12.4 Å². The van der Waals surface area contributed by atoms with Crippen molar-refractivity contribution in [2.45, 2.75) is 51.1 Å². The monoisotopic (exact) mass is 327 g/mol. The van der Waals surface area contributed by atoms with Gasteiger partial charge in [-0.1, -0.05) is 5.11 Å². The predicted molar refractivity (Wildman–Crippen MR) is 77.2 cm³/mol. The molecule has 1 aliphatic heterocycles. The number of nitrogens with zero attached hydrogens (tertiary/aromatic N) is 5. The van der Waals surface area contributed by atoms with Crippen LogP contribution in [0.25, 0.3) is 10.4 Å². The van der Waals surface area contributed by atoms with E-state index in [4.69, 9.17) is 15.0 Å². The summed E-state index contributed by atoms with van der Waals surface area (Å²) in [5, 5.41) is 13.4. The van der Waals surface area contributed by atoms with Crippen molar-refractivity contribution in [3.05, 3.63) is 38.9 Å². The number of aliphatic hydroxyl groups is 1. The number of rotatable bonds is 5. The highest BCUT2D eigenvalue weighted by Gasteiger charge is 2.56. The third-order valence-corrected chi connectivity index (χ3v) is 3.43. The van der Waals surface area contributed by atoms with Gasteiger partial charge in [0, 0.05) is 16.8 Å². The van der Waals surface area contributed by atoms with Crippen molar-refractivity contribution >= 4 is 0 Å². The lowest BCUT2D eigenvalue weighted by molar-refractivity contribution is -0.136. The molecule has 1 aliphatic rings. The number of aryl methyl sites for hydroxylation is 1. The topological polar surface area (TPSA) is 122 Å². The van der Waals surface area contributed by atoms with Crippen molar-refractivity contribution in [1.29, 1.82) is 0 Å². The number of aromatic nitrogens is 2. The van der Waals surface area contributed by atoms with Crippen molar-refractivity contribution in [2.24, 2.45) is 5.11 Å². The van der Waals surface area contributed by atoms with Crippen LogP contribution >= 0.6 is 0 Å². The van der Waals surface area contributed by atoms with Gasteiger partial charge in [0.1, 0.15) is 6.10 Å². The van der Waals surface area contributed by atoms with Crippen molar-refractivity contribution in [1.82, 2.24) is 9.55 Å². The molecule has 126 valence electrons. The average molecular weight is 327 g/mol. The van der Waals surface area contributed by atoms with Crippen LogP contribution in [0.15, 0.2) is 22.2 Å². The molecule has 0 bridgehead atoms. The lowest BCUT2D eigenvalue weighted by atomic mass is 10.1. The van der Waals surface area contributed by atoms with Crippen LogP contribution in [0, 0.1) is 6.92 Å². The first-order valence-corrected chi connectivity index (χ1v) is 7.04. The highest BCUT2D eigenvalue weighted by Crippen LogP contribution is 2.40. The Hall–Kier alpha value is -2.00. The maximum atomic E-state index is 14.6. The summed E-state index contributed by atoms with van der Waals surface area (Å²) < 4.78 is 26.2. The zero-order chi connectivity index (χ0) is 17.2. The Morgan fingerprint density at radius 2 is 2.39 bits per heavy atom. The molecule has 0 spiro atoms. The number of hydrogen-bond donors (Lipinski definition) is 1. The minimum Gasteiger partial charge on any atom is -0.385 e. The molecular formula is C13H18FN5O4. The standard InChI is InChI=1S/C13H18FN5O4/c1-7(2)22-6-13(17-18-15)10(14)9(20)11(23-13)19-5-4-8(3)16-12(19)21/h4-5,7,9-11,20H,6H2,1-3H3/t9-,10+,11-,13-/m1/s1. The fourth-order valence-corrected chi connectivity index (χ4v) is 2.25. The maximum Gasteiger partial charge on any atom is 0.349 e. The van der Waals surface area contributed by atoms with Crippen LogP contribution in [0.2, 0.25) is 0 Å². The van der Waals surface area contributed by atoms with E-state index in [9.17, 15) is 14.3 Å². The summed E-state index contributed by atoms with van der Waals surface area (Å²) in [5.74, 6) is 0. The summed E-state index contributed by atoms with van der Waals surface area (Å²) in [6.07, 6.45) is -4.07. The van der Waals surface area contributed by atoms with Gasteiger partial charge in [0.2, 0.25) is 5.72 Å². The highest BCUT2D eigenvalue weighted by atomic mass is 19.1. The molecule has 1 N–H and O–H groups in total. The molecule has 1 fully saturated rings. The first-order valence-electron chi connectivity index (χ1n) is 7.04. The second-order valence-electron chi connectivity index (χ2n) is 5.55. The van der Waals surface area contributed by atoms with E-state index in [1.807, 2.05) is 0 Å². The molecule has 0 amide bonds. The second-order valence-corrected chi connectivity index (χ2v) is 5.55. The van der Waals surface area contributed by atoms with Gasteiger partial charge in [-0.25, -0.2) is 9.18 Å². The zero-order valence-corrected chi connectivity index (χ0v) is 13.0. The number of alkyl halides is 1. The molecule has 4 atom stereocenters. The van der Waals surface area contributed by atoms with Crippen molar-refractivity contribution in [2.75, 3.05) is 6.61 Å². The molecule has 0 saturated carbocycles. The fraction of sp³-hybridized carbons (Fsp3) is 0.692. The Balaban J connectivity index is 2.38. The van der Waals surface area contributed by atoms with Gasteiger partial charge in [0.25, 0.3) is 0 Å². The van der Waals surface area contributed by atoms with Crippen molar-refractivity contribution in [3.8, 4) is 0 Å². The summed E-state index contributed by atoms with van der Waals surface area (Å²) >= 11 is 0. The minimum absolute atomic E-state index is 0.267. The Labute approximate surface area is 131 Å². The average Bonchev–Trinajstić information content (AvgIpc) is 2.72. The van der Waals surface area contributed by atoms with Crippen LogP contribution in [-0.4, -0.2) is 45.4 Å². The molecule has 1 saturated heterocycles. The van der Waals surface area contributed by atoms with Gasteiger partial charge in [0.05, 0.1) is 12.7 Å². The molecule has 2 rings (SSSR count). The minimum atomic E-state index is -2.06. The second kappa shape index (κ2) is 6.63.